The number of hydrogen-bond donors (Lipinski definition) is 0. The van der Waals surface area contributed by atoms with Crippen molar-refractivity contribution in [2.75, 3.05) is 6.79 Å². The molecule has 92 valence electrons. The monoisotopic (exact) mass is 240 g/mol. The van der Waals surface area contributed by atoms with Gasteiger partial charge in [-0.2, -0.15) is 0 Å². The summed E-state index contributed by atoms with van der Waals surface area (Å²) in [5.74, 6) is 1.67. The molecule has 1 aliphatic heterocycles. The SMILES string of the molecule is Cc1cc(C)c(C)c(-c2ccc3c(c2)OCO3)c1. The number of ether oxygens (including phenoxy) is 2. The van der Waals surface area contributed by atoms with Gasteiger partial charge >= 0.3 is 0 Å². The maximum absolute atomic E-state index is 5.44. The van der Waals surface area contributed by atoms with Gasteiger partial charge in [-0.1, -0.05) is 23.8 Å². The largest absolute Gasteiger partial charge is 0.454 e. The Kier molecular flexibility index (Phi) is 2.51. The summed E-state index contributed by atoms with van der Waals surface area (Å²) in [5.41, 5.74) is 6.38. The Labute approximate surface area is 107 Å². The van der Waals surface area contributed by atoms with Gasteiger partial charge in [-0.3, -0.25) is 0 Å². The van der Waals surface area contributed by atoms with Gasteiger partial charge in [0.15, 0.2) is 11.5 Å². The molecule has 0 amide bonds. The van der Waals surface area contributed by atoms with Gasteiger partial charge in [-0.05, 0) is 55.2 Å². The molecule has 0 fully saturated rings. The highest BCUT2D eigenvalue weighted by Gasteiger charge is 2.15. The lowest BCUT2D eigenvalue weighted by Gasteiger charge is -2.11. The van der Waals surface area contributed by atoms with E-state index in [0.717, 1.165) is 11.5 Å². The molecule has 0 unspecified atom stereocenters. The molecular formula is C16H16O2. The predicted molar refractivity (Wildman–Crippen MR) is 72.2 cm³/mol. The first kappa shape index (κ1) is 11.1. The third-order valence-electron chi connectivity index (χ3n) is 3.50. The number of aryl methyl sites for hydroxylation is 2. The van der Waals surface area contributed by atoms with Crippen LogP contribution in [0, 0.1) is 20.8 Å². The van der Waals surface area contributed by atoms with Gasteiger partial charge in [0, 0.05) is 0 Å². The van der Waals surface area contributed by atoms with Gasteiger partial charge in [-0.15, -0.1) is 0 Å². The van der Waals surface area contributed by atoms with Gasteiger partial charge in [0.2, 0.25) is 6.79 Å². The second kappa shape index (κ2) is 4.05. The molecule has 0 saturated heterocycles. The average molecular weight is 240 g/mol. The predicted octanol–water partition coefficient (Wildman–Crippen LogP) is 4.01. The van der Waals surface area contributed by atoms with Crippen LogP contribution in [0.3, 0.4) is 0 Å². The summed E-state index contributed by atoms with van der Waals surface area (Å²) >= 11 is 0. The molecule has 18 heavy (non-hydrogen) atoms. The minimum atomic E-state index is 0.324. The Morgan fingerprint density at radius 3 is 2.50 bits per heavy atom. The van der Waals surface area contributed by atoms with Crippen molar-refractivity contribution in [3.8, 4) is 22.6 Å². The van der Waals surface area contributed by atoms with Crippen LogP contribution < -0.4 is 9.47 Å². The van der Waals surface area contributed by atoms with Gasteiger partial charge in [0.25, 0.3) is 0 Å². The van der Waals surface area contributed by atoms with Crippen LogP contribution in [0.5, 0.6) is 11.5 Å². The van der Waals surface area contributed by atoms with Crippen molar-refractivity contribution >= 4 is 0 Å². The smallest absolute Gasteiger partial charge is 0.231 e. The summed E-state index contributed by atoms with van der Waals surface area (Å²) < 4.78 is 10.8. The molecule has 2 nitrogen and oxygen atoms in total. The molecule has 2 heteroatoms. The Bertz CT molecular complexity index is 615. The molecule has 2 aromatic carbocycles. The van der Waals surface area contributed by atoms with Crippen molar-refractivity contribution in [3.05, 3.63) is 47.0 Å². The second-order valence-electron chi connectivity index (χ2n) is 4.82. The number of hydrogen-bond acceptors (Lipinski definition) is 2. The van der Waals surface area contributed by atoms with Crippen LogP contribution in [0.4, 0.5) is 0 Å². The molecule has 0 saturated carbocycles. The standard InChI is InChI=1S/C16H16O2/c1-10-6-11(2)12(3)14(7-10)13-4-5-15-16(8-13)18-9-17-15/h4-8H,9H2,1-3H3. The van der Waals surface area contributed by atoms with Crippen molar-refractivity contribution in [2.45, 2.75) is 20.8 Å². The Morgan fingerprint density at radius 2 is 1.67 bits per heavy atom. The first-order valence-corrected chi connectivity index (χ1v) is 6.13. The normalized spacial score (nSPS) is 12.8. The molecule has 0 bridgehead atoms. The molecule has 1 heterocycles. The fourth-order valence-corrected chi connectivity index (χ4v) is 2.40. The highest BCUT2D eigenvalue weighted by molar-refractivity contribution is 5.72. The van der Waals surface area contributed by atoms with E-state index < -0.39 is 0 Å². The van der Waals surface area contributed by atoms with Crippen LogP contribution in [0.15, 0.2) is 30.3 Å². The van der Waals surface area contributed by atoms with E-state index in [1.165, 1.54) is 27.8 Å². The summed E-state index contributed by atoms with van der Waals surface area (Å²) in [6.07, 6.45) is 0. The maximum atomic E-state index is 5.44. The maximum Gasteiger partial charge on any atom is 0.231 e. The van der Waals surface area contributed by atoms with Crippen molar-refractivity contribution < 1.29 is 9.47 Å². The third kappa shape index (κ3) is 1.74. The average Bonchev–Trinajstić information content (AvgIpc) is 2.80. The first-order chi connectivity index (χ1) is 8.65. The Hall–Kier alpha value is -1.96. The molecule has 0 aromatic heterocycles. The summed E-state index contributed by atoms with van der Waals surface area (Å²) in [7, 11) is 0. The highest BCUT2D eigenvalue weighted by atomic mass is 16.7. The number of fused-ring (bicyclic) bond motifs is 1. The van der Waals surface area contributed by atoms with Crippen molar-refractivity contribution in [2.24, 2.45) is 0 Å². The van der Waals surface area contributed by atoms with Crippen LogP contribution in [0.1, 0.15) is 16.7 Å². The zero-order valence-electron chi connectivity index (χ0n) is 10.9. The highest BCUT2D eigenvalue weighted by Crippen LogP contribution is 2.37. The van der Waals surface area contributed by atoms with E-state index in [0.29, 0.717) is 6.79 Å². The Balaban J connectivity index is 2.15. The molecular weight excluding hydrogens is 224 g/mol. The molecule has 0 aliphatic carbocycles. The topological polar surface area (TPSA) is 18.5 Å². The molecule has 3 rings (SSSR count). The molecule has 0 N–H and O–H groups in total. The van der Waals surface area contributed by atoms with Crippen molar-refractivity contribution in [3.63, 3.8) is 0 Å². The quantitative estimate of drug-likeness (QED) is 0.750. The van der Waals surface area contributed by atoms with E-state index in [2.05, 4.69) is 45.0 Å². The van der Waals surface area contributed by atoms with Crippen molar-refractivity contribution in [1.29, 1.82) is 0 Å². The van der Waals surface area contributed by atoms with Gasteiger partial charge in [-0.25, -0.2) is 0 Å². The zero-order valence-corrected chi connectivity index (χ0v) is 10.9. The molecule has 0 atom stereocenters. The van der Waals surface area contributed by atoms with Crippen LogP contribution in [0.2, 0.25) is 0 Å². The van der Waals surface area contributed by atoms with Crippen molar-refractivity contribution in [1.82, 2.24) is 0 Å². The third-order valence-corrected chi connectivity index (χ3v) is 3.50. The van der Waals surface area contributed by atoms with E-state index in [-0.39, 0.29) is 0 Å². The zero-order chi connectivity index (χ0) is 12.7. The molecule has 0 spiro atoms. The molecule has 2 aromatic rings. The van der Waals surface area contributed by atoms with E-state index in [9.17, 15) is 0 Å². The van der Waals surface area contributed by atoms with E-state index >= 15 is 0 Å². The molecule has 0 radical (unpaired) electrons. The minimum absolute atomic E-state index is 0.324. The van der Waals surface area contributed by atoms with E-state index in [4.69, 9.17) is 9.47 Å². The van der Waals surface area contributed by atoms with Crippen LogP contribution >= 0.6 is 0 Å². The van der Waals surface area contributed by atoms with Gasteiger partial charge in [0.05, 0.1) is 0 Å². The fraction of sp³-hybridized carbons (Fsp3) is 0.250. The van der Waals surface area contributed by atoms with E-state index in [1.54, 1.807) is 0 Å². The van der Waals surface area contributed by atoms with Crippen LogP contribution in [0.25, 0.3) is 11.1 Å². The fourth-order valence-electron chi connectivity index (χ4n) is 2.40. The van der Waals surface area contributed by atoms with Gasteiger partial charge < -0.3 is 9.47 Å². The lowest BCUT2D eigenvalue weighted by Crippen LogP contribution is -1.93. The summed E-state index contributed by atoms with van der Waals surface area (Å²) in [4.78, 5) is 0. The van der Waals surface area contributed by atoms with E-state index in [1.807, 2.05) is 6.07 Å². The number of benzene rings is 2. The summed E-state index contributed by atoms with van der Waals surface area (Å²) in [6.45, 7) is 6.76. The lowest BCUT2D eigenvalue weighted by molar-refractivity contribution is 0.174. The lowest BCUT2D eigenvalue weighted by atomic mass is 9.94. The van der Waals surface area contributed by atoms with Crippen LogP contribution in [-0.4, -0.2) is 6.79 Å². The van der Waals surface area contributed by atoms with Crippen LogP contribution in [-0.2, 0) is 0 Å². The first-order valence-electron chi connectivity index (χ1n) is 6.13. The summed E-state index contributed by atoms with van der Waals surface area (Å²) in [6, 6.07) is 10.6. The molecule has 1 aliphatic rings. The second-order valence-corrected chi connectivity index (χ2v) is 4.82. The summed E-state index contributed by atoms with van der Waals surface area (Å²) in [5, 5.41) is 0. The number of rotatable bonds is 1. The minimum Gasteiger partial charge on any atom is -0.454 e. The Morgan fingerprint density at radius 1 is 0.889 bits per heavy atom. The van der Waals surface area contributed by atoms with Gasteiger partial charge in [0.1, 0.15) is 0 Å².